The summed E-state index contributed by atoms with van der Waals surface area (Å²) in [4.78, 5) is 25.0. The van der Waals surface area contributed by atoms with Crippen LogP contribution < -0.4 is 4.72 Å². The molecule has 0 radical (unpaired) electrons. The number of unbranched alkanes of at least 4 members (excludes halogenated alkanes) is 1. The molecule has 160 valence electrons. The molecule has 0 aliphatic rings. The fourth-order valence-corrected chi connectivity index (χ4v) is 4.91. The third-order valence-corrected chi connectivity index (χ3v) is 6.43. The predicted molar refractivity (Wildman–Crippen MR) is 110 cm³/mol. The Balaban J connectivity index is 2.80. The summed E-state index contributed by atoms with van der Waals surface area (Å²) >= 11 is 1.50. The van der Waals surface area contributed by atoms with E-state index in [0.717, 1.165) is 22.6 Å². The topological polar surface area (TPSA) is 110 Å². The Bertz CT molecular complexity index is 749. The number of aliphatic carboxylic acids is 1. The third-order valence-electron chi connectivity index (χ3n) is 3.67. The molecule has 0 unspecified atom stereocenters. The second kappa shape index (κ2) is 10.9. The molecule has 2 N–H and O–H groups in total. The van der Waals surface area contributed by atoms with E-state index in [1.54, 1.807) is 27.7 Å². The van der Waals surface area contributed by atoms with Crippen molar-refractivity contribution in [1.29, 1.82) is 0 Å². The largest absolute Gasteiger partial charge is 0.481 e. The molecule has 1 heterocycles. The van der Waals surface area contributed by atoms with Crippen molar-refractivity contribution < 1.29 is 27.9 Å². The first kappa shape index (κ1) is 24.6. The highest BCUT2D eigenvalue weighted by atomic mass is 32.2. The van der Waals surface area contributed by atoms with Crippen molar-refractivity contribution in [3.63, 3.8) is 0 Å². The summed E-state index contributed by atoms with van der Waals surface area (Å²) in [6.45, 7) is 6.98. The molecular weight excluding hydrogens is 402 g/mol. The number of hydrogen-bond acceptors (Lipinski definition) is 6. The Morgan fingerprint density at radius 1 is 1.21 bits per heavy atom. The van der Waals surface area contributed by atoms with Gasteiger partial charge in [-0.05, 0) is 58.6 Å². The van der Waals surface area contributed by atoms with Gasteiger partial charge in [0.15, 0.2) is 0 Å². The lowest BCUT2D eigenvalue weighted by molar-refractivity contribution is -0.156. The van der Waals surface area contributed by atoms with E-state index >= 15 is 0 Å². The second-order valence-corrected chi connectivity index (χ2v) is 10.8. The Hall–Kier alpha value is -1.45. The molecular formula is C19H31NO6S2. The van der Waals surface area contributed by atoms with Gasteiger partial charge in [-0.15, -0.1) is 11.3 Å². The van der Waals surface area contributed by atoms with Crippen molar-refractivity contribution in [3.05, 3.63) is 21.9 Å². The van der Waals surface area contributed by atoms with Gasteiger partial charge in [-0.2, -0.15) is 0 Å². The lowest BCUT2D eigenvalue weighted by Gasteiger charge is -2.24. The van der Waals surface area contributed by atoms with Gasteiger partial charge in [0.1, 0.15) is 11.6 Å². The number of esters is 1. The lowest BCUT2D eigenvalue weighted by Crippen LogP contribution is -2.46. The van der Waals surface area contributed by atoms with Crippen molar-refractivity contribution in [3.8, 4) is 0 Å². The van der Waals surface area contributed by atoms with E-state index in [0.29, 0.717) is 12.8 Å². The summed E-state index contributed by atoms with van der Waals surface area (Å²) in [5.41, 5.74) is -0.712. The Morgan fingerprint density at radius 2 is 1.86 bits per heavy atom. The van der Waals surface area contributed by atoms with Crippen LogP contribution in [0.2, 0.25) is 0 Å². The van der Waals surface area contributed by atoms with Crippen molar-refractivity contribution in [1.82, 2.24) is 4.72 Å². The van der Waals surface area contributed by atoms with Crippen LogP contribution in [0.25, 0.3) is 0 Å². The first-order valence-electron chi connectivity index (χ1n) is 9.44. The van der Waals surface area contributed by atoms with E-state index in [1.807, 2.05) is 12.1 Å². The molecule has 0 amide bonds. The van der Waals surface area contributed by atoms with Crippen LogP contribution in [0.3, 0.4) is 0 Å². The Morgan fingerprint density at radius 3 is 2.43 bits per heavy atom. The molecule has 0 aliphatic heterocycles. The van der Waals surface area contributed by atoms with Crippen molar-refractivity contribution in [2.24, 2.45) is 0 Å². The summed E-state index contributed by atoms with van der Waals surface area (Å²) in [7, 11) is -3.57. The maximum absolute atomic E-state index is 12.5. The number of ether oxygens (including phenoxy) is 1. The van der Waals surface area contributed by atoms with Crippen molar-refractivity contribution >= 4 is 33.3 Å². The molecule has 9 heteroatoms. The van der Waals surface area contributed by atoms with Gasteiger partial charge < -0.3 is 9.84 Å². The van der Waals surface area contributed by atoms with E-state index in [1.165, 1.54) is 11.3 Å². The SMILES string of the molecule is CCCS(=O)(=O)N[C@@H](Cc1ccc(CCCCC(=O)O)s1)C(=O)OC(C)(C)C. The fourth-order valence-electron chi connectivity index (χ4n) is 2.53. The summed E-state index contributed by atoms with van der Waals surface area (Å²) in [6.07, 6.45) is 2.97. The maximum atomic E-state index is 12.5. The van der Waals surface area contributed by atoms with E-state index in [2.05, 4.69) is 4.72 Å². The molecule has 0 saturated carbocycles. The highest BCUT2D eigenvalue weighted by Gasteiger charge is 2.29. The molecule has 1 aromatic heterocycles. The zero-order valence-corrected chi connectivity index (χ0v) is 18.6. The quantitative estimate of drug-likeness (QED) is 0.387. The molecule has 1 aromatic rings. The minimum Gasteiger partial charge on any atom is -0.481 e. The van der Waals surface area contributed by atoms with Crippen LogP contribution in [0.4, 0.5) is 0 Å². The van der Waals surface area contributed by atoms with Gasteiger partial charge in [0, 0.05) is 22.6 Å². The van der Waals surface area contributed by atoms with Gasteiger partial charge in [-0.25, -0.2) is 13.1 Å². The van der Waals surface area contributed by atoms with Crippen LogP contribution >= 0.6 is 11.3 Å². The third kappa shape index (κ3) is 10.2. The first-order chi connectivity index (χ1) is 12.9. The van der Waals surface area contributed by atoms with Crippen LogP contribution in [0.1, 0.15) is 63.1 Å². The number of hydrogen-bond donors (Lipinski definition) is 2. The summed E-state index contributed by atoms with van der Waals surface area (Å²) < 4.78 is 32.2. The van der Waals surface area contributed by atoms with Crippen molar-refractivity contribution in [2.75, 3.05) is 5.75 Å². The minimum atomic E-state index is -3.57. The molecule has 1 atom stereocenters. The molecule has 0 aromatic carbocycles. The number of carbonyl (C=O) groups is 2. The van der Waals surface area contributed by atoms with Crippen LogP contribution in [-0.2, 0) is 37.2 Å². The average molecular weight is 434 g/mol. The van der Waals surface area contributed by atoms with Crippen LogP contribution in [-0.4, -0.2) is 42.9 Å². The van der Waals surface area contributed by atoms with Gasteiger partial charge in [0.05, 0.1) is 5.75 Å². The van der Waals surface area contributed by atoms with Gasteiger partial charge in [0.25, 0.3) is 0 Å². The van der Waals surface area contributed by atoms with Crippen molar-refractivity contribution in [2.45, 2.75) is 77.9 Å². The lowest BCUT2D eigenvalue weighted by atomic mass is 10.1. The molecule has 0 bridgehead atoms. The summed E-state index contributed by atoms with van der Waals surface area (Å²) in [6, 6.07) is 2.84. The number of thiophene rings is 1. The van der Waals surface area contributed by atoms with E-state index < -0.39 is 33.6 Å². The second-order valence-electron chi connectivity index (χ2n) is 7.70. The smallest absolute Gasteiger partial charge is 0.325 e. The van der Waals surface area contributed by atoms with Gasteiger partial charge >= 0.3 is 11.9 Å². The predicted octanol–water partition coefficient (Wildman–Crippen LogP) is 3.13. The van der Waals surface area contributed by atoms with E-state index in [9.17, 15) is 18.0 Å². The first-order valence-corrected chi connectivity index (χ1v) is 11.9. The van der Waals surface area contributed by atoms with Gasteiger partial charge in [-0.3, -0.25) is 9.59 Å². The minimum absolute atomic E-state index is 0.0500. The van der Waals surface area contributed by atoms with Crippen LogP contribution in [0.15, 0.2) is 12.1 Å². The zero-order valence-electron chi connectivity index (χ0n) is 17.0. The number of sulfonamides is 1. The Kier molecular flexibility index (Phi) is 9.59. The van der Waals surface area contributed by atoms with E-state index in [-0.39, 0.29) is 18.6 Å². The maximum Gasteiger partial charge on any atom is 0.325 e. The van der Waals surface area contributed by atoms with E-state index in [4.69, 9.17) is 9.84 Å². The highest BCUT2D eigenvalue weighted by molar-refractivity contribution is 7.89. The normalized spacial score (nSPS) is 13.3. The summed E-state index contributed by atoms with van der Waals surface area (Å²) in [5, 5.41) is 8.68. The Labute approximate surface area is 171 Å². The summed E-state index contributed by atoms with van der Waals surface area (Å²) in [5.74, 6) is -1.44. The zero-order chi connectivity index (χ0) is 21.4. The number of carbonyl (C=O) groups excluding carboxylic acids is 1. The highest BCUT2D eigenvalue weighted by Crippen LogP contribution is 2.22. The van der Waals surface area contributed by atoms with Crippen LogP contribution in [0.5, 0.6) is 0 Å². The molecule has 28 heavy (non-hydrogen) atoms. The fraction of sp³-hybridized carbons (Fsp3) is 0.684. The average Bonchev–Trinajstić information content (AvgIpc) is 2.96. The molecule has 0 aliphatic carbocycles. The molecule has 7 nitrogen and oxygen atoms in total. The molecule has 0 saturated heterocycles. The molecule has 0 spiro atoms. The number of aryl methyl sites for hydroxylation is 1. The number of rotatable bonds is 12. The number of carboxylic acid groups (broad SMARTS) is 1. The molecule has 0 fully saturated rings. The molecule has 1 rings (SSSR count). The standard InChI is InChI=1S/C19H31NO6S2/c1-5-12-28(24,25)20-16(18(23)26-19(2,3)4)13-15-11-10-14(27-15)8-6-7-9-17(21)22/h10-11,16,20H,5-9,12-13H2,1-4H3,(H,21,22)/t16-/m0/s1. The van der Waals surface area contributed by atoms with Crippen LogP contribution in [0, 0.1) is 0 Å². The van der Waals surface area contributed by atoms with Gasteiger partial charge in [-0.1, -0.05) is 6.92 Å². The number of carboxylic acids is 1. The number of nitrogens with one attached hydrogen (secondary N) is 1. The monoisotopic (exact) mass is 433 g/mol. The van der Waals surface area contributed by atoms with Gasteiger partial charge in [0.2, 0.25) is 10.0 Å².